The van der Waals surface area contributed by atoms with E-state index in [0.29, 0.717) is 5.69 Å². The van der Waals surface area contributed by atoms with Crippen LogP contribution in [0.5, 0.6) is 0 Å². The van der Waals surface area contributed by atoms with Crippen molar-refractivity contribution in [2.24, 2.45) is 0 Å². The van der Waals surface area contributed by atoms with Crippen LogP contribution in [0.4, 0.5) is 5.69 Å². The molecule has 1 aromatic rings. The highest BCUT2D eigenvalue weighted by Crippen LogP contribution is 2.04. The average molecular weight is 280 g/mol. The molecule has 4 heteroatoms. The van der Waals surface area contributed by atoms with Gasteiger partial charge in [0.2, 0.25) is 0 Å². The quantitative estimate of drug-likeness (QED) is 0.750. The number of carboxylic acid groups (broad SMARTS) is 1. The molecule has 0 aliphatic rings. The Balaban J connectivity index is 0.000000361. The van der Waals surface area contributed by atoms with Crippen LogP contribution >= 0.6 is 0 Å². The number of hydrogen-bond donors (Lipinski definition) is 2. The molecule has 0 heterocycles. The summed E-state index contributed by atoms with van der Waals surface area (Å²) in [5.74, 6) is -0.931. The van der Waals surface area contributed by atoms with E-state index < -0.39 is 5.97 Å². The summed E-state index contributed by atoms with van der Waals surface area (Å²) in [4.78, 5) is 12.8. The lowest BCUT2D eigenvalue weighted by Gasteiger charge is -2.19. The van der Waals surface area contributed by atoms with Crippen molar-refractivity contribution in [2.75, 3.05) is 25.4 Å². The summed E-state index contributed by atoms with van der Waals surface area (Å²) in [5, 5.41) is 8.43. The number of aromatic carboxylic acids is 1. The Kier molecular flexibility index (Phi) is 10.4. The number of carboxylic acids is 1. The Morgan fingerprint density at radius 2 is 1.40 bits per heavy atom. The second-order valence-corrected chi connectivity index (χ2v) is 4.77. The highest BCUT2D eigenvalue weighted by atomic mass is 16.4. The average Bonchev–Trinajstić information content (AvgIpc) is 2.41. The fourth-order valence-corrected chi connectivity index (χ4v) is 1.91. The Morgan fingerprint density at radius 3 is 1.70 bits per heavy atom. The standard InChI is InChI=1S/C9H21N.C7H7NO2/c1-4-7-10(8-5-2)9-6-3;8-6-3-1-5(2-4-6)7(9)10/h4-9H2,1-3H3;1-4H,8H2,(H,9,10). The molecule has 0 unspecified atom stereocenters. The van der Waals surface area contributed by atoms with Crippen molar-refractivity contribution in [1.82, 2.24) is 4.90 Å². The Bertz CT molecular complexity index is 349. The molecular weight excluding hydrogens is 252 g/mol. The number of rotatable bonds is 7. The summed E-state index contributed by atoms with van der Waals surface area (Å²) in [5.41, 5.74) is 6.17. The number of nitrogens with two attached hydrogens (primary N) is 1. The number of benzene rings is 1. The van der Waals surface area contributed by atoms with Gasteiger partial charge in [0.25, 0.3) is 0 Å². The van der Waals surface area contributed by atoms with E-state index >= 15 is 0 Å². The maximum absolute atomic E-state index is 10.3. The van der Waals surface area contributed by atoms with Crippen LogP contribution in [-0.4, -0.2) is 35.6 Å². The van der Waals surface area contributed by atoms with Gasteiger partial charge in [0.1, 0.15) is 0 Å². The lowest BCUT2D eigenvalue weighted by Crippen LogP contribution is -2.25. The first-order valence-electron chi connectivity index (χ1n) is 7.36. The van der Waals surface area contributed by atoms with E-state index in [1.165, 1.54) is 51.0 Å². The SMILES string of the molecule is CCCN(CCC)CCC.Nc1ccc(C(=O)O)cc1. The minimum Gasteiger partial charge on any atom is -0.478 e. The molecule has 0 spiro atoms. The van der Waals surface area contributed by atoms with Gasteiger partial charge >= 0.3 is 5.97 Å². The van der Waals surface area contributed by atoms with Crippen molar-refractivity contribution in [3.8, 4) is 0 Å². The number of hydrogen-bond acceptors (Lipinski definition) is 3. The van der Waals surface area contributed by atoms with Gasteiger partial charge in [0.05, 0.1) is 5.56 Å². The molecule has 20 heavy (non-hydrogen) atoms. The normalized spacial score (nSPS) is 10.0. The van der Waals surface area contributed by atoms with Crippen molar-refractivity contribution in [3.63, 3.8) is 0 Å². The van der Waals surface area contributed by atoms with Crippen LogP contribution in [0.25, 0.3) is 0 Å². The van der Waals surface area contributed by atoms with Gasteiger partial charge in [-0.1, -0.05) is 20.8 Å². The fraction of sp³-hybridized carbons (Fsp3) is 0.562. The van der Waals surface area contributed by atoms with Crippen molar-refractivity contribution >= 4 is 11.7 Å². The van der Waals surface area contributed by atoms with Gasteiger partial charge in [-0.05, 0) is 63.2 Å². The molecule has 0 amide bonds. The summed E-state index contributed by atoms with van der Waals surface area (Å²) in [6, 6.07) is 6.06. The second-order valence-electron chi connectivity index (χ2n) is 4.77. The molecule has 0 aliphatic carbocycles. The topological polar surface area (TPSA) is 66.6 Å². The molecule has 3 N–H and O–H groups in total. The largest absolute Gasteiger partial charge is 0.478 e. The third-order valence-electron chi connectivity index (χ3n) is 2.78. The highest BCUT2D eigenvalue weighted by Gasteiger charge is 1.99. The van der Waals surface area contributed by atoms with E-state index in [1.54, 1.807) is 12.1 Å². The molecule has 114 valence electrons. The van der Waals surface area contributed by atoms with Gasteiger partial charge in [-0.15, -0.1) is 0 Å². The minimum atomic E-state index is -0.931. The zero-order valence-corrected chi connectivity index (χ0v) is 12.9. The molecule has 0 radical (unpaired) electrons. The highest BCUT2D eigenvalue weighted by molar-refractivity contribution is 5.87. The zero-order valence-electron chi connectivity index (χ0n) is 12.9. The first kappa shape index (κ1) is 18.4. The maximum atomic E-state index is 10.3. The summed E-state index contributed by atoms with van der Waals surface area (Å²) in [6.07, 6.45) is 3.88. The monoisotopic (exact) mass is 280 g/mol. The van der Waals surface area contributed by atoms with Crippen molar-refractivity contribution in [1.29, 1.82) is 0 Å². The Labute approximate surface area is 122 Å². The van der Waals surface area contributed by atoms with Gasteiger partial charge in [0, 0.05) is 5.69 Å². The van der Waals surface area contributed by atoms with Gasteiger partial charge in [-0.25, -0.2) is 4.79 Å². The van der Waals surface area contributed by atoms with E-state index in [9.17, 15) is 4.79 Å². The lowest BCUT2D eigenvalue weighted by molar-refractivity contribution is 0.0697. The first-order valence-corrected chi connectivity index (χ1v) is 7.36. The van der Waals surface area contributed by atoms with Gasteiger partial charge in [-0.2, -0.15) is 0 Å². The minimum absolute atomic E-state index is 0.259. The van der Waals surface area contributed by atoms with Crippen molar-refractivity contribution < 1.29 is 9.90 Å². The van der Waals surface area contributed by atoms with Crippen LogP contribution in [0, 0.1) is 0 Å². The number of anilines is 1. The van der Waals surface area contributed by atoms with Crippen LogP contribution in [-0.2, 0) is 0 Å². The third kappa shape index (κ3) is 8.53. The van der Waals surface area contributed by atoms with E-state index in [2.05, 4.69) is 25.7 Å². The smallest absolute Gasteiger partial charge is 0.335 e. The van der Waals surface area contributed by atoms with Crippen molar-refractivity contribution in [3.05, 3.63) is 29.8 Å². The summed E-state index contributed by atoms with van der Waals surface area (Å²) in [7, 11) is 0. The Hall–Kier alpha value is -1.55. The molecule has 0 bridgehead atoms. The zero-order chi connectivity index (χ0) is 15.4. The van der Waals surface area contributed by atoms with E-state index in [4.69, 9.17) is 10.8 Å². The van der Waals surface area contributed by atoms with Crippen LogP contribution in [0.15, 0.2) is 24.3 Å². The molecule has 1 rings (SSSR count). The van der Waals surface area contributed by atoms with Crippen molar-refractivity contribution in [2.45, 2.75) is 40.0 Å². The van der Waals surface area contributed by atoms with Crippen LogP contribution in [0.1, 0.15) is 50.4 Å². The molecule has 1 aromatic carbocycles. The van der Waals surface area contributed by atoms with Crippen LogP contribution < -0.4 is 5.73 Å². The molecular formula is C16H28N2O2. The molecule has 0 aliphatic heterocycles. The van der Waals surface area contributed by atoms with Gasteiger partial charge < -0.3 is 15.7 Å². The maximum Gasteiger partial charge on any atom is 0.335 e. The molecule has 4 nitrogen and oxygen atoms in total. The molecule has 0 saturated carbocycles. The summed E-state index contributed by atoms with van der Waals surface area (Å²) >= 11 is 0. The predicted molar refractivity (Wildman–Crippen MR) is 85.1 cm³/mol. The van der Waals surface area contributed by atoms with Gasteiger partial charge in [-0.3, -0.25) is 0 Å². The van der Waals surface area contributed by atoms with Gasteiger partial charge in [0.15, 0.2) is 0 Å². The number of nitrogen functional groups attached to an aromatic ring is 1. The molecule has 0 fully saturated rings. The third-order valence-corrected chi connectivity index (χ3v) is 2.78. The van der Waals surface area contributed by atoms with E-state index in [0.717, 1.165) is 0 Å². The van der Waals surface area contributed by atoms with E-state index in [-0.39, 0.29) is 5.56 Å². The molecule has 0 saturated heterocycles. The summed E-state index contributed by atoms with van der Waals surface area (Å²) in [6.45, 7) is 10.6. The predicted octanol–water partition coefficient (Wildman–Crippen LogP) is 3.49. The van der Waals surface area contributed by atoms with E-state index in [1.807, 2.05) is 0 Å². The lowest BCUT2D eigenvalue weighted by atomic mass is 10.2. The van der Waals surface area contributed by atoms with Crippen LogP contribution in [0.3, 0.4) is 0 Å². The number of nitrogens with zero attached hydrogens (tertiary/aromatic N) is 1. The first-order chi connectivity index (χ1) is 9.54. The molecule has 0 aromatic heterocycles. The molecule has 0 atom stereocenters. The second kappa shape index (κ2) is 11.3. The summed E-state index contributed by atoms with van der Waals surface area (Å²) < 4.78 is 0. The number of carbonyl (C=O) groups is 1. The van der Waals surface area contributed by atoms with Crippen LogP contribution in [0.2, 0.25) is 0 Å². The Morgan fingerprint density at radius 1 is 1.00 bits per heavy atom. The fourth-order valence-electron chi connectivity index (χ4n) is 1.91.